The van der Waals surface area contributed by atoms with Gasteiger partial charge in [0.1, 0.15) is 16.4 Å². The average Bonchev–Trinajstić information content (AvgIpc) is 3.11. The molecular weight excluding hydrogens is 620 g/mol. The molecule has 0 atom stereocenters. The average molecular weight is 661 g/mol. The maximum atomic E-state index is 13.8. The van der Waals surface area contributed by atoms with E-state index in [1.54, 1.807) is 62.6 Å². The van der Waals surface area contributed by atoms with E-state index in [1.807, 2.05) is 42.5 Å². The molecule has 0 bridgehead atoms. The van der Waals surface area contributed by atoms with Crippen molar-refractivity contribution < 1.29 is 32.2 Å². The predicted octanol–water partition coefficient (Wildman–Crippen LogP) is 5.14. The summed E-state index contributed by atoms with van der Waals surface area (Å²) in [4.78, 5) is 17.6. The van der Waals surface area contributed by atoms with E-state index < -0.39 is 10.0 Å². The van der Waals surface area contributed by atoms with E-state index >= 15 is 0 Å². The van der Waals surface area contributed by atoms with Crippen LogP contribution in [-0.2, 0) is 16.4 Å². The molecule has 11 nitrogen and oxygen atoms in total. The first-order valence-corrected chi connectivity index (χ1v) is 16.7. The molecule has 0 aromatic heterocycles. The molecule has 2 N–H and O–H groups in total. The summed E-state index contributed by atoms with van der Waals surface area (Å²) in [5.41, 5.74) is 3.04. The Hall–Kier alpha value is -5.10. The molecule has 1 aliphatic rings. The quantitative estimate of drug-likeness (QED) is 0.201. The number of nitrogens with one attached hydrogen (secondary N) is 2. The maximum Gasteiger partial charge on any atom is 0.263 e. The summed E-state index contributed by atoms with van der Waals surface area (Å²) >= 11 is 0. The molecule has 0 saturated carbocycles. The minimum atomic E-state index is -4.11. The van der Waals surface area contributed by atoms with Crippen LogP contribution in [0.25, 0.3) is 0 Å². The topological polar surface area (TPSA) is 119 Å². The Balaban J connectivity index is 1.35. The van der Waals surface area contributed by atoms with Gasteiger partial charge in [-0.2, -0.15) is 0 Å². The fourth-order valence-corrected chi connectivity index (χ4v) is 6.70. The van der Waals surface area contributed by atoms with E-state index in [-0.39, 0.29) is 10.8 Å². The zero-order valence-corrected chi connectivity index (χ0v) is 27.8. The summed E-state index contributed by atoms with van der Waals surface area (Å²) in [6, 6.07) is 24.9. The summed E-state index contributed by atoms with van der Waals surface area (Å²) < 4.78 is 51.6. The van der Waals surface area contributed by atoms with Crippen molar-refractivity contribution in [2.75, 3.05) is 76.1 Å². The van der Waals surface area contributed by atoms with E-state index in [0.717, 1.165) is 17.0 Å². The number of nitrogens with zero attached hydrogens (tertiary/aromatic N) is 2. The molecule has 4 aromatic rings. The lowest BCUT2D eigenvalue weighted by molar-refractivity contribution is 0.0746. The van der Waals surface area contributed by atoms with Gasteiger partial charge in [0.2, 0.25) is 0 Å². The highest BCUT2D eigenvalue weighted by molar-refractivity contribution is 7.92. The Morgan fingerprint density at radius 2 is 1.47 bits per heavy atom. The van der Waals surface area contributed by atoms with Crippen LogP contribution in [-0.4, -0.2) is 80.4 Å². The highest BCUT2D eigenvalue weighted by Gasteiger charge is 2.26. The van der Waals surface area contributed by atoms with Crippen LogP contribution >= 0.6 is 0 Å². The molecule has 0 spiro atoms. The lowest BCUT2D eigenvalue weighted by Crippen LogP contribution is -2.48. The molecule has 1 fully saturated rings. The minimum absolute atomic E-state index is 0.0321. The van der Waals surface area contributed by atoms with Crippen molar-refractivity contribution >= 4 is 33.0 Å². The lowest BCUT2D eigenvalue weighted by atomic mass is 10.1. The number of benzene rings is 4. The van der Waals surface area contributed by atoms with Gasteiger partial charge in [0, 0.05) is 50.0 Å². The van der Waals surface area contributed by atoms with Crippen LogP contribution in [0, 0.1) is 0 Å². The van der Waals surface area contributed by atoms with Gasteiger partial charge in [0.15, 0.2) is 11.5 Å². The smallest absolute Gasteiger partial charge is 0.263 e. The highest BCUT2D eigenvalue weighted by atomic mass is 32.2. The Morgan fingerprint density at radius 1 is 0.745 bits per heavy atom. The van der Waals surface area contributed by atoms with Crippen molar-refractivity contribution in [3.8, 4) is 23.0 Å². The standard InChI is InChI=1S/C35H40N4O7S/c1-43-29-12-10-28(11-13-29)38-18-20-39(21-19-38)35(40)26-9-14-31(36-17-16-25-8-15-32(45-3)33(22-25)46-4)34(23-26)47(41,42)37-27-6-5-7-30(24-27)44-2/h5-15,22-24,36-37H,16-21H2,1-4H3. The largest absolute Gasteiger partial charge is 0.497 e. The van der Waals surface area contributed by atoms with Gasteiger partial charge in [-0.1, -0.05) is 12.1 Å². The molecule has 5 rings (SSSR count). The number of piperazine rings is 1. The van der Waals surface area contributed by atoms with Gasteiger partial charge < -0.3 is 34.1 Å². The fourth-order valence-electron chi connectivity index (χ4n) is 5.44. The number of anilines is 3. The Kier molecular flexibility index (Phi) is 10.6. The molecule has 47 heavy (non-hydrogen) atoms. The molecule has 0 unspecified atom stereocenters. The first-order valence-electron chi connectivity index (χ1n) is 15.2. The van der Waals surface area contributed by atoms with E-state index in [1.165, 1.54) is 13.2 Å². The molecule has 4 aromatic carbocycles. The van der Waals surface area contributed by atoms with Crippen molar-refractivity contribution in [3.05, 3.63) is 96.1 Å². The lowest BCUT2D eigenvalue weighted by Gasteiger charge is -2.36. The van der Waals surface area contributed by atoms with Gasteiger partial charge in [-0.3, -0.25) is 9.52 Å². The molecule has 1 aliphatic heterocycles. The first kappa shape index (κ1) is 33.3. The number of sulfonamides is 1. The fraction of sp³-hybridized carbons (Fsp3) is 0.286. The summed E-state index contributed by atoms with van der Waals surface area (Å²) in [5, 5.41) is 3.26. The van der Waals surface area contributed by atoms with E-state index in [4.69, 9.17) is 18.9 Å². The van der Waals surface area contributed by atoms with Crippen LogP contribution in [0.3, 0.4) is 0 Å². The number of ether oxygens (including phenoxy) is 4. The summed E-state index contributed by atoms with van der Waals surface area (Å²) in [7, 11) is 2.19. The Labute approximate surface area is 276 Å². The Morgan fingerprint density at radius 3 is 2.15 bits per heavy atom. The van der Waals surface area contributed by atoms with Crippen LogP contribution in [0.1, 0.15) is 15.9 Å². The van der Waals surface area contributed by atoms with Crippen LogP contribution in [0.5, 0.6) is 23.0 Å². The second-order valence-electron chi connectivity index (χ2n) is 10.9. The molecule has 1 amide bonds. The number of rotatable bonds is 13. The molecule has 0 radical (unpaired) electrons. The van der Waals surface area contributed by atoms with Crippen molar-refractivity contribution in [2.45, 2.75) is 11.3 Å². The Bertz CT molecular complexity index is 1790. The normalized spacial score (nSPS) is 13.1. The van der Waals surface area contributed by atoms with Gasteiger partial charge in [-0.25, -0.2) is 8.42 Å². The third-order valence-electron chi connectivity index (χ3n) is 8.02. The van der Waals surface area contributed by atoms with Crippen molar-refractivity contribution in [1.29, 1.82) is 0 Å². The van der Waals surface area contributed by atoms with Gasteiger partial charge in [-0.05, 0) is 78.7 Å². The number of amides is 1. The van der Waals surface area contributed by atoms with Gasteiger partial charge in [0.25, 0.3) is 15.9 Å². The second-order valence-corrected chi connectivity index (χ2v) is 12.5. The third-order valence-corrected chi connectivity index (χ3v) is 9.44. The zero-order valence-electron chi connectivity index (χ0n) is 27.0. The zero-order chi connectivity index (χ0) is 33.4. The monoisotopic (exact) mass is 660 g/mol. The molecule has 1 saturated heterocycles. The summed E-state index contributed by atoms with van der Waals surface area (Å²) in [6.07, 6.45) is 0.586. The molecule has 12 heteroatoms. The minimum Gasteiger partial charge on any atom is -0.497 e. The SMILES string of the molecule is COc1ccc(N2CCN(C(=O)c3ccc(NCCc4ccc(OC)c(OC)c4)c(S(=O)(=O)Nc4cccc(OC)c4)c3)CC2)cc1. The number of carbonyl (C=O) groups excluding carboxylic acids is 1. The summed E-state index contributed by atoms with van der Waals surface area (Å²) in [5.74, 6) is 2.31. The number of hydrogen-bond donors (Lipinski definition) is 2. The first-order chi connectivity index (χ1) is 22.7. The number of methoxy groups -OCH3 is 4. The predicted molar refractivity (Wildman–Crippen MR) is 183 cm³/mol. The van der Waals surface area contributed by atoms with Crippen molar-refractivity contribution in [3.63, 3.8) is 0 Å². The van der Waals surface area contributed by atoms with E-state index in [9.17, 15) is 13.2 Å². The van der Waals surface area contributed by atoms with Crippen molar-refractivity contribution in [1.82, 2.24) is 4.90 Å². The van der Waals surface area contributed by atoms with Crippen LogP contribution in [0.4, 0.5) is 17.1 Å². The number of hydrogen-bond acceptors (Lipinski definition) is 9. The van der Waals surface area contributed by atoms with Crippen LogP contribution < -0.4 is 33.9 Å². The van der Waals surface area contributed by atoms with Gasteiger partial charge >= 0.3 is 0 Å². The molecule has 0 aliphatic carbocycles. The van der Waals surface area contributed by atoms with Gasteiger partial charge in [0.05, 0.1) is 39.8 Å². The maximum absolute atomic E-state index is 13.8. The van der Waals surface area contributed by atoms with Crippen LogP contribution in [0.2, 0.25) is 0 Å². The van der Waals surface area contributed by atoms with Gasteiger partial charge in [-0.15, -0.1) is 0 Å². The molecule has 1 heterocycles. The summed E-state index contributed by atoms with van der Waals surface area (Å²) in [6.45, 7) is 2.73. The van der Waals surface area contributed by atoms with E-state index in [2.05, 4.69) is 14.9 Å². The van der Waals surface area contributed by atoms with Crippen LogP contribution in [0.15, 0.2) is 89.8 Å². The molecular formula is C35H40N4O7S. The third kappa shape index (κ3) is 8.01. The number of carbonyl (C=O) groups is 1. The highest BCUT2D eigenvalue weighted by Crippen LogP contribution is 2.30. The molecule has 248 valence electrons. The van der Waals surface area contributed by atoms with Crippen molar-refractivity contribution in [2.24, 2.45) is 0 Å². The second kappa shape index (κ2) is 15.0. The van der Waals surface area contributed by atoms with E-state index in [0.29, 0.717) is 73.3 Å².